The van der Waals surface area contributed by atoms with Gasteiger partial charge in [0.2, 0.25) is 0 Å². The molecule has 1 aliphatic carbocycles. The lowest BCUT2D eigenvalue weighted by atomic mass is 9.77. The number of non-ortho nitro benzene ring substituents is 1. The molecule has 23 heavy (non-hydrogen) atoms. The fourth-order valence-corrected chi connectivity index (χ4v) is 2.78. The van der Waals surface area contributed by atoms with Crippen LogP contribution in [0.5, 0.6) is 0 Å². The summed E-state index contributed by atoms with van der Waals surface area (Å²) in [5.41, 5.74) is 0.735. The maximum Gasteiger partial charge on any atom is 0.313 e. The summed E-state index contributed by atoms with van der Waals surface area (Å²) in [4.78, 5) is 33.7. The number of hydrogen-bond donors (Lipinski definition) is 0. The smallest absolute Gasteiger partial charge is 0.313 e. The summed E-state index contributed by atoms with van der Waals surface area (Å²) >= 11 is 0. The Labute approximate surface area is 133 Å². The van der Waals surface area contributed by atoms with Crippen LogP contribution in [0.3, 0.4) is 0 Å². The molecule has 0 saturated carbocycles. The van der Waals surface area contributed by atoms with Gasteiger partial charge in [-0.3, -0.25) is 19.7 Å². The number of methoxy groups -OCH3 is 1. The van der Waals surface area contributed by atoms with E-state index in [0.717, 1.165) is 5.56 Å². The van der Waals surface area contributed by atoms with Crippen LogP contribution >= 0.6 is 0 Å². The van der Waals surface area contributed by atoms with E-state index in [9.17, 15) is 19.7 Å². The molecule has 3 atom stereocenters. The van der Waals surface area contributed by atoms with Crippen LogP contribution in [-0.2, 0) is 19.1 Å². The Kier molecular flexibility index (Phi) is 5.10. The minimum absolute atomic E-state index is 0.0220. The molecule has 122 valence electrons. The number of allylic oxidation sites excluding steroid dienone is 1. The zero-order chi connectivity index (χ0) is 17.0. The van der Waals surface area contributed by atoms with Crippen LogP contribution in [0.2, 0.25) is 0 Å². The van der Waals surface area contributed by atoms with E-state index in [1.54, 1.807) is 18.2 Å². The topological polar surface area (TPSA) is 95.7 Å². The average molecular weight is 319 g/mol. The van der Waals surface area contributed by atoms with Crippen molar-refractivity contribution in [2.45, 2.75) is 25.4 Å². The fourth-order valence-electron chi connectivity index (χ4n) is 2.78. The number of ether oxygens (including phenoxy) is 2. The first kappa shape index (κ1) is 16.7. The second-order valence-electron chi connectivity index (χ2n) is 5.24. The lowest BCUT2D eigenvalue weighted by Gasteiger charge is -2.32. The minimum atomic E-state index is -0.714. The molecule has 1 aromatic rings. The molecule has 0 N–H and O–H groups in total. The summed E-state index contributed by atoms with van der Waals surface area (Å²) in [6.07, 6.45) is 3.34. The molecule has 7 nitrogen and oxygen atoms in total. The number of hydrogen-bond acceptors (Lipinski definition) is 6. The van der Waals surface area contributed by atoms with E-state index in [0.29, 0.717) is 6.42 Å². The highest BCUT2D eigenvalue weighted by molar-refractivity contribution is 5.76. The fraction of sp³-hybridized carbons (Fsp3) is 0.375. The van der Waals surface area contributed by atoms with Crippen molar-refractivity contribution in [1.82, 2.24) is 0 Å². The predicted molar refractivity (Wildman–Crippen MR) is 80.7 cm³/mol. The Balaban J connectivity index is 2.34. The largest absolute Gasteiger partial charge is 0.469 e. The van der Waals surface area contributed by atoms with Crippen molar-refractivity contribution < 1.29 is 24.0 Å². The predicted octanol–water partition coefficient (Wildman–Crippen LogP) is 2.36. The van der Waals surface area contributed by atoms with Gasteiger partial charge in [0.1, 0.15) is 12.0 Å². The molecule has 0 aliphatic heterocycles. The summed E-state index contributed by atoms with van der Waals surface area (Å²) in [5.74, 6) is -1.94. The van der Waals surface area contributed by atoms with Crippen molar-refractivity contribution in [3.8, 4) is 0 Å². The van der Waals surface area contributed by atoms with Crippen molar-refractivity contribution >= 4 is 17.6 Å². The van der Waals surface area contributed by atoms with Crippen LogP contribution < -0.4 is 0 Å². The van der Waals surface area contributed by atoms with Gasteiger partial charge in [0.05, 0.1) is 12.0 Å². The number of rotatable bonds is 4. The first-order valence-electron chi connectivity index (χ1n) is 7.10. The third-order valence-corrected chi connectivity index (χ3v) is 3.81. The van der Waals surface area contributed by atoms with Gasteiger partial charge in [-0.05, 0) is 18.1 Å². The molecule has 1 aromatic carbocycles. The summed E-state index contributed by atoms with van der Waals surface area (Å²) in [6.45, 7) is 1.28. The lowest BCUT2D eigenvalue weighted by molar-refractivity contribution is -0.384. The second-order valence-corrected chi connectivity index (χ2v) is 5.24. The van der Waals surface area contributed by atoms with Crippen molar-refractivity contribution in [2.75, 3.05) is 7.11 Å². The van der Waals surface area contributed by atoms with Crippen LogP contribution in [0.15, 0.2) is 36.4 Å². The molecule has 0 bridgehead atoms. The van der Waals surface area contributed by atoms with Gasteiger partial charge >= 0.3 is 11.9 Å². The third kappa shape index (κ3) is 3.74. The normalized spacial score (nSPS) is 23.1. The summed E-state index contributed by atoms with van der Waals surface area (Å²) in [6, 6.07) is 6.01. The summed E-state index contributed by atoms with van der Waals surface area (Å²) in [5, 5.41) is 10.7. The number of nitrogens with zero attached hydrogens (tertiary/aromatic N) is 1. The molecule has 0 saturated heterocycles. The van der Waals surface area contributed by atoms with Crippen LogP contribution in [0, 0.1) is 16.0 Å². The maximum atomic E-state index is 12.2. The molecule has 0 unspecified atom stereocenters. The van der Waals surface area contributed by atoms with E-state index in [1.807, 2.05) is 6.08 Å². The highest BCUT2D eigenvalue weighted by Gasteiger charge is 2.39. The first-order chi connectivity index (χ1) is 10.9. The SMILES string of the molecule is COC(=O)[C@H]1[C@@H](c2ccc([N+](=O)[O-])cc2)CC=C[C@H]1OC(C)=O. The molecule has 0 amide bonds. The van der Waals surface area contributed by atoms with Crippen LogP contribution in [0.25, 0.3) is 0 Å². The van der Waals surface area contributed by atoms with Gasteiger partial charge in [-0.1, -0.05) is 18.2 Å². The van der Waals surface area contributed by atoms with Gasteiger partial charge in [0.15, 0.2) is 0 Å². The van der Waals surface area contributed by atoms with Gasteiger partial charge in [-0.2, -0.15) is 0 Å². The van der Waals surface area contributed by atoms with Crippen molar-refractivity contribution in [2.24, 2.45) is 5.92 Å². The lowest BCUT2D eigenvalue weighted by Crippen LogP contribution is -2.38. The Hall–Kier alpha value is -2.70. The number of benzene rings is 1. The average Bonchev–Trinajstić information content (AvgIpc) is 2.53. The van der Waals surface area contributed by atoms with E-state index in [1.165, 1.54) is 26.2 Å². The first-order valence-corrected chi connectivity index (χ1v) is 7.10. The molecular formula is C16H17NO6. The summed E-state index contributed by atoms with van der Waals surface area (Å²) < 4.78 is 10.0. The van der Waals surface area contributed by atoms with Crippen molar-refractivity contribution in [3.63, 3.8) is 0 Å². The molecular weight excluding hydrogens is 302 g/mol. The zero-order valence-corrected chi connectivity index (χ0v) is 12.8. The molecule has 0 fully saturated rings. The van der Waals surface area contributed by atoms with E-state index < -0.39 is 28.9 Å². The molecule has 1 aliphatic rings. The third-order valence-electron chi connectivity index (χ3n) is 3.81. The van der Waals surface area contributed by atoms with Gasteiger partial charge in [0, 0.05) is 25.0 Å². The van der Waals surface area contributed by atoms with E-state index >= 15 is 0 Å². The molecule has 2 rings (SSSR count). The Morgan fingerprint density at radius 1 is 1.26 bits per heavy atom. The van der Waals surface area contributed by atoms with E-state index in [2.05, 4.69) is 0 Å². The highest BCUT2D eigenvalue weighted by atomic mass is 16.6. The summed E-state index contributed by atoms with van der Waals surface area (Å²) in [7, 11) is 1.28. The molecule has 0 spiro atoms. The quantitative estimate of drug-likeness (QED) is 0.366. The minimum Gasteiger partial charge on any atom is -0.469 e. The van der Waals surface area contributed by atoms with Crippen LogP contribution in [0.1, 0.15) is 24.8 Å². The van der Waals surface area contributed by atoms with E-state index in [-0.39, 0.29) is 11.6 Å². The Morgan fingerprint density at radius 2 is 1.91 bits per heavy atom. The molecule has 0 radical (unpaired) electrons. The number of carbonyl (C=O) groups is 2. The maximum absolute atomic E-state index is 12.2. The Bertz CT molecular complexity index is 636. The van der Waals surface area contributed by atoms with Crippen LogP contribution in [0.4, 0.5) is 5.69 Å². The van der Waals surface area contributed by atoms with Crippen LogP contribution in [-0.4, -0.2) is 30.1 Å². The molecule has 0 aromatic heterocycles. The van der Waals surface area contributed by atoms with Gasteiger partial charge in [0.25, 0.3) is 5.69 Å². The van der Waals surface area contributed by atoms with Crippen molar-refractivity contribution in [3.05, 3.63) is 52.1 Å². The molecule has 0 heterocycles. The molecule has 7 heteroatoms. The number of carbonyl (C=O) groups excluding carboxylic acids is 2. The monoisotopic (exact) mass is 319 g/mol. The second kappa shape index (κ2) is 7.04. The number of esters is 2. The Morgan fingerprint density at radius 3 is 2.43 bits per heavy atom. The highest BCUT2D eigenvalue weighted by Crippen LogP contribution is 2.37. The van der Waals surface area contributed by atoms with Gasteiger partial charge < -0.3 is 9.47 Å². The van der Waals surface area contributed by atoms with Gasteiger partial charge in [-0.25, -0.2) is 0 Å². The van der Waals surface area contributed by atoms with E-state index in [4.69, 9.17) is 9.47 Å². The van der Waals surface area contributed by atoms with Crippen molar-refractivity contribution in [1.29, 1.82) is 0 Å². The standard InChI is InChI=1S/C16H17NO6/c1-10(18)23-14-5-3-4-13(15(14)16(19)22-2)11-6-8-12(9-7-11)17(20)21/h3,5-9,13-15H,4H2,1-2H3/t13-,14-,15+/m1/s1. The zero-order valence-electron chi connectivity index (χ0n) is 12.8. The number of nitro groups is 1. The van der Waals surface area contributed by atoms with Gasteiger partial charge in [-0.15, -0.1) is 0 Å². The number of nitro benzene ring substituents is 1.